The lowest BCUT2D eigenvalue weighted by Gasteiger charge is -2.38. The van der Waals surface area contributed by atoms with Crippen LogP contribution in [0.3, 0.4) is 0 Å². The maximum Gasteiger partial charge on any atom is 0.330 e. The van der Waals surface area contributed by atoms with Gasteiger partial charge in [0.05, 0.1) is 26.9 Å². The molecule has 34 heavy (non-hydrogen) atoms. The van der Waals surface area contributed by atoms with Gasteiger partial charge < -0.3 is 18.6 Å². The second-order valence-electron chi connectivity index (χ2n) is 12.1. The van der Waals surface area contributed by atoms with Gasteiger partial charge in [0.25, 0.3) is 0 Å². The molecule has 1 spiro atoms. The molecule has 3 aliphatic carbocycles. The molecule has 5 nitrogen and oxygen atoms in total. The number of ether oxygens (including phenoxy) is 3. The Hall–Kier alpha value is -1.63. The van der Waals surface area contributed by atoms with Crippen molar-refractivity contribution in [3.8, 4) is 5.75 Å². The molecule has 188 valence electrons. The Morgan fingerprint density at radius 2 is 1.88 bits per heavy atom. The monoisotopic (exact) mass is 486 g/mol. The Kier molecular flexibility index (Phi) is 6.82. The van der Waals surface area contributed by atoms with E-state index in [1.54, 1.807) is 13.2 Å². The lowest BCUT2D eigenvalue weighted by molar-refractivity contribution is -0.134. The summed E-state index contributed by atoms with van der Waals surface area (Å²) in [5, 5.41) is 0.181. The lowest BCUT2D eigenvalue weighted by Crippen LogP contribution is -2.43. The van der Waals surface area contributed by atoms with Crippen LogP contribution < -0.4 is 4.74 Å². The smallest absolute Gasteiger partial charge is 0.330 e. The normalized spacial score (nSPS) is 32.5. The minimum absolute atomic E-state index is 0.121. The second-order valence-corrected chi connectivity index (χ2v) is 16.9. The predicted molar refractivity (Wildman–Crippen MR) is 136 cm³/mol. The summed E-state index contributed by atoms with van der Waals surface area (Å²) < 4.78 is 23.5. The number of hydrogen-bond acceptors (Lipinski definition) is 5. The molecule has 0 aromatic heterocycles. The second kappa shape index (κ2) is 9.10. The van der Waals surface area contributed by atoms with Crippen LogP contribution in [-0.2, 0) is 25.3 Å². The molecule has 1 aromatic carbocycles. The summed E-state index contributed by atoms with van der Waals surface area (Å²) in [4.78, 5) is 11.9. The molecule has 0 aliphatic heterocycles. The van der Waals surface area contributed by atoms with Crippen LogP contribution >= 0.6 is 0 Å². The molecule has 0 saturated heterocycles. The fraction of sp³-hybridized carbons (Fsp3) is 0.679. The van der Waals surface area contributed by atoms with Crippen LogP contribution in [0.15, 0.2) is 36.4 Å². The Labute approximate surface area is 206 Å². The zero-order chi connectivity index (χ0) is 24.8. The molecule has 6 heteroatoms. The van der Waals surface area contributed by atoms with Crippen LogP contribution in [0.1, 0.15) is 52.0 Å². The molecule has 0 N–H and O–H groups in total. The Morgan fingerprint density at radius 3 is 2.50 bits per heavy atom. The van der Waals surface area contributed by atoms with Crippen molar-refractivity contribution in [2.75, 3.05) is 20.8 Å². The summed E-state index contributed by atoms with van der Waals surface area (Å²) in [5.41, 5.74) is 1.58. The molecule has 0 radical (unpaired) electrons. The van der Waals surface area contributed by atoms with Crippen LogP contribution in [0.25, 0.3) is 0 Å². The predicted octanol–water partition coefficient (Wildman–Crippen LogP) is 6.14. The van der Waals surface area contributed by atoms with E-state index in [9.17, 15) is 4.79 Å². The number of carbonyl (C=O) groups excluding carboxylic acids is 1. The summed E-state index contributed by atoms with van der Waals surface area (Å²) in [7, 11) is 1.26. The van der Waals surface area contributed by atoms with Gasteiger partial charge in [0.1, 0.15) is 5.75 Å². The highest BCUT2D eigenvalue weighted by Crippen LogP contribution is 2.83. The van der Waals surface area contributed by atoms with E-state index in [-0.39, 0.29) is 27.9 Å². The van der Waals surface area contributed by atoms with Crippen LogP contribution in [0.4, 0.5) is 0 Å². The van der Waals surface area contributed by atoms with Gasteiger partial charge in [0.2, 0.25) is 0 Å². The lowest BCUT2D eigenvalue weighted by atomic mass is 9.87. The number of carbonyl (C=O) groups is 1. The summed E-state index contributed by atoms with van der Waals surface area (Å²) in [6.45, 7) is 13.0. The summed E-state index contributed by atoms with van der Waals surface area (Å²) in [6, 6.07) is 8.13. The van der Waals surface area contributed by atoms with E-state index in [0.717, 1.165) is 25.2 Å². The van der Waals surface area contributed by atoms with Gasteiger partial charge >= 0.3 is 5.97 Å². The standard InChI is InChI=1S/C28H42O5Si/c1-26(2,3)34(6,7)33-19-28-18-27(28)15-14-24(23(27)16-21(28)10-13-25(29)31-5)32-17-20-8-11-22(30-4)12-9-20/h8-13,21,23-24H,14-19H2,1-7H3/b13-10+/t21-,23+,24-,27+,28+/m0/s1. The van der Waals surface area contributed by atoms with Crippen molar-refractivity contribution in [2.45, 2.75) is 77.3 Å². The Balaban J connectivity index is 1.49. The zero-order valence-electron chi connectivity index (χ0n) is 22.0. The van der Waals surface area contributed by atoms with Gasteiger partial charge in [-0.25, -0.2) is 4.79 Å². The average molecular weight is 487 g/mol. The van der Waals surface area contributed by atoms with E-state index in [0.29, 0.717) is 18.4 Å². The third-order valence-electron chi connectivity index (χ3n) is 9.53. The summed E-state index contributed by atoms with van der Waals surface area (Å²) in [5.74, 6) is 1.43. The number of allylic oxidation sites excluding steroid dienone is 1. The number of esters is 1. The van der Waals surface area contributed by atoms with Gasteiger partial charge in [0.15, 0.2) is 8.32 Å². The highest BCUT2D eigenvalue weighted by atomic mass is 28.4. The number of benzene rings is 1. The Bertz CT molecular complexity index is 918. The molecule has 0 amide bonds. The van der Waals surface area contributed by atoms with Crippen LogP contribution in [0.2, 0.25) is 18.1 Å². The van der Waals surface area contributed by atoms with Gasteiger partial charge in [-0.15, -0.1) is 0 Å². The van der Waals surface area contributed by atoms with Crippen molar-refractivity contribution in [3.63, 3.8) is 0 Å². The van der Waals surface area contributed by atoms with E-state index in [4.69, 9.17) is 18.6 Å². The van der Waals surface area contributed by atoms with Gasteiger partial charge in [-0.1, -0.05) is 39.0 Å². The first-order chi connectivity index (χ1) is 16.0. The van der Waals surface area contributed by atoms with E-state index in [1.165, 1.54) is 25.5 Å². The third kappa shape index (κ3) is 4.38. The Morgan fingerprint density at radius 1 is 1.18 bits per heavy atom. The first-order valence-corrected chi connectivity index (χ1v) is 15.5. The molecule has 5 atom stereocenters. The topological polar surface area (TPSA) is 54.0 Å². The van der Waals surface area contributed by atoms with Gasteiger partial charge in [-0.05, 0) is 78.8 Å². The van der Waals surface area contributed by atoms with E-state index in [2.05, 4.69) is 52.1 Å². The molecule has 1 aromatic rings. The fourth-order valence-corrected chi connectivity index (χ4v) is 7.40. The first kappa shape index (κ1) is 25.5. The van der Waals surface area contributed by atoms with Crippen LogP contribution in [0, 0.1) is 22.7 Å². The number of methoxy groups -OCH3 is 2. The molecule has 3 saturated carbocycles. The van der Waals surface area contributed by atoms with Gasteiger partial charge in [-0.3, -0.25) is 0 Å². The fourth-order valence-electron chi connectivity index (χ4n) is 6.35. The van der Waals surface area contributed by atoms with Gasteiger partial charge in [-0.2, -0.15) is 0 Å². The summed E-state index contributed by atoms with van der Waals surface area (Å²) >= 11 is 0. The van der Waals surface area contributed by atoms with E-state index >= 15 is 0 Å². The molecule has 3 aliphatic rings. The van der Waals surface area contributed by atoms with Crippen molar-refractivity contribution in [1.82, 2.24) is 0 Å². The molecular formula is C28H42O5Si. The van der Waals surface area contributed by atoms with Gasteiger partial charge in [0, 0.05) is 18.1 Å². The minimum Gasteiger partial charge on any atom is -0.497 e. The molecule has 0 unspecified atom stereocenters. The molecule has 3 fully saturated rings. The van der Waals surface area contributed by atoms with Crippen LogP contribution in [-0.4, -0.2) is 41.2 Å². The van der Waals surface area contributed by atoms with E-state index in [1.807, 2.05) is 12.1 Å². The number of rotatable bonds is 9. The van der Waals surface area contributed by atoms with Crippen molar-refractivity contribution in [3.05, 3.63) is 42.0 Å². The molecule has 4 rings (SSSR count). The van der Waals surface area contributed by atoms with Crippen molar-refractivity contribution < 1.29 is 23.4 Å². The zero-order valence-corrected chi connectivity index (χ0v) is 23.0. The summed E-state index contributed by atoms with van der Waals surface area (Å²) in [6.07, 6.45) is 8.52. The van der Waals surface area contributed by atoms with Crippen molar-refractivity contribution in [2.24, 2.45) is 22.7 Å². The van der Waals surface area contributed by atoms with Crippen LogP contribution in [0.5, 0.6) is 5.75 Å². The maximum atomic E-state index is 11.9. The largest absolute Gasteiger partial charge is 0.497 e. The molecule has 0 bridgehead atoms. The number of hydrogen-bond donors (Lipinski definition) is 0. The third-order valence-corrected chi connectivity index (χ3v) is 14.0. The maximum absolute atomic E-state index is 11.9. The quantitative estimate of drug-likeness (QED) is 0.238. The molecule has 0 heterocycles. The first-order valence-electron chi connectivity index (χ1n) is 12.6. The van der Waals surface area contributed by atoms with Crippen molar-refractivity contribution in [1.29, 1.82) is 0 Å². The SMILES string of the molecule is COC(=O)/C=C/[C@H]1C[C@@H]2[C@@H](OCc3ccc(OC)cc3)CC[C@@]23C[C@@]13CO[Si](C)(C)C(C)(C)C. The molecular weight excluding hydrogens is 444 g/mol. The highest BCUT2D eigenvalue weighted by Gasteiger charge is 2.79. The van der Waals surface area contributed by atoms with Crippen molar-refractivity contribution >= 4 is 14.3 Å². The van der Waals surface area contributed by atoms with E-state index < -0.39 is 8.32 Å². The highest BCUT2D eigenvalue weighted by molar-refractivity contribution is 6.74. The minimum atomic E-state index is -1.86. The average Bonchev–Trinajstić information content (AvgIpc) is 3.20.